The first-order chi connectivity index (χ1) is 38.9. The van der Waals surface area contributed by atoms with E-state index in [0.29, 0.717) is 10.7 Å². The number of halogens is 2. The number of nitrogens with zero attached hydrogens (tertiary/aromatic N) is 6. The molecule has 2 aliphatic rings. The summed E-state index contributed by atoms with van der Waals surface area (Å²) in [5, 5.41) is 3.36. The van der Waals surface area contributed by atoms with Gasteiger partial charge in [0, 0.05) is 150 Å². The van der Waals surface area contributed by atoms with Crippen LogP contribution in [0.25, 0.3) is 0 Å². The second-order valence-corrected chi connectivity index (χ2v) is 21.4. The van der Waals surface area contributed by atoms with Crippen LogP contribution < -0.4 is 63.4 Å². The molecule has 6 aromatic carbocycles. The second kappa shape index (κ2) is 40.3. The monoisotopic (exact) mass is 1200 g/mol. The molecule has 0 spiro atoms. The van der Waals surface area contributed by atoms with Gasteiger partial charge in [-0.3, -0.25) is 13.9 Å². The van der Waals surface area contributed by atoms with Crippen LogP contribution >= 0.6 is 24.0 Å². The maximum atomic E-state index is 10.8. The number of piperidine rings is 1. The highest BCUT2D eigenvalue weighted by atomic mass is 35.5. The van der Waals surface area contributed by atoms with Crippen LogP contribution in [0.2, 0.25) is 5.02 Å². The number of nitrogens with one attached hydrogen (secondary N) is 1. The number of hydrogen-bond acceptors (Lipinski definition) is 14. The van der Waals surface area contributed by atoms with Crippen molar-refractivity contribution in [1.29, 1.82) is 0 Å². The van der Waals surface area contributed by atoms with Crippen molar-refractivity contribution in [2.45, 2.75) is 92.9 Å². The predicted octanol–water partition coefficient (Wildman–Crippen LogP) is 13.2. The van der Waals surface area contributed by atoms with Crippen LogP contribution in [0.3, 0.4) is 0 Å². The van der Waals surface area contributed by atoms with Crippen LogP contribution in [0.15, 0.2) is 133 Å². The molecule has 460 valence electrons. The molecular formula is C63H98Cl2N12O5S. The molecule has 0 unspecified atom stereocenters. The highest BCUT2D eigenvalue weighted by molar-refractivity contribution is 7.79. The van der Waals surface area contributed by atoms with Gasteiger partial charge in [0.05, 0.1) is 10.7 Å². The van der Waals surface area contributed by atoms with Crippen LogP contribution in [0.1, 0.15) is 92.1 Å². The Bertz CT molecular complexity index is 2780. The van der Waals surface area contributed by atoms with Crippen molar-refractivity contribution in [1.82, 2.24) is 0 Å². The van der Waals surface area contributed by atoms with E-state index in [0.717, 1.165) is 66.7 Å². The maximum absolute atomic E-state index is 10.8. The third kappa shape index (κ3) is 30.8. The SMILES string of the molecule is CCCN(CCC)c1ccc(N)cc1.CCN(CC)c1ccc(NC(C)=O)cc1.CCc1cc(N(C)C)ccc1N.CN(C)c1ccc(N)c(Cl)c1.Cl.Nc1ccc(N2CCCC2)cc1.Nc1ccc(N2CCCCC2)cc1.O=S(=O)(O)O. The van der Waals surface area contributed by atoms with E-state index in [1.165, 1.54) is 112 Å². The van der Waals surface area contributed by atoms with Crippen LogP contribution in [0, 0.1) is 0 Å². The second-order valence-electron chi connectivity index (χ2n) is 20.1. The zero-order chi connectivity index (χ0) is 61.2. The average Bonchev–Trinajstić information content (AvgIpc) is 4.00. The van der Waals surface area contributed by atoms with Crippen molar-refractivity contribution in [2.75, 3.05) is 144 Å². The largest absolute Gasteiger partial charge is 0.399 e. The van der Waals surface area contributed by atoms with Gasteiger partial charge >= 0.3 is 10.4 Å². The molecule has 0 radical (unpaired) electrons. The summed E-state index contributed by atoms with van der Waals surface area (Å²) in [6, 6.07) is 44.1. The number of nitrogen functional groups attached to an aromatic ring is 5. The Morgan fingerprint density at radius 2 is 0.880 bits per heavy atom. The zero-order valence-electron chi connectivity index (χ0n) is 50.9. The molecule has 20 heteroatoms. The Kier molecular flexibility index (Phi) is 36.0. The lowest BCUT2D eigenvalue weighted by Gasteiger charge is -2.28. The summed E-state index contributed by atoms with van der Waals surface area (Å²) in [7, 11) is 3.32. The van der Waals surface area contributed by atoms with Crippen LogP contribution in [0.4, 0.5) is 68.2 Å². The van der Waals surface area contributed by atoms with Crippen molar-refractivity contribution >= 4 is 109 Å². The summed E-state index contributed by atoms with van der Waals surface area (Å²) >= 11 is 5.81. The molecule has 83 heavy (non-hydrogen) atoms. The van der Waals surface area contributed by atoms with Crippen LogP contribution in [-0.4, -0.2) is 104 Å². The average molecular weight is 1210 g/mol. The van der Waals surface area contributed by atoms with Gasteiger partial charge in [-0.2, -0.15) is 8.42 Å². The normalized spacial score (nSPS) is 12.1. The Balaban J connectivity index is 0.000000490. The van der Waals surface area contributed by atoms with Crippen LogP contribution in [0.5, 0.6) is 0 Å². The minimum Gasteiger partial charge on any atom is -0.399 e. The van der Waals surface area contributed by atoms with Crippen molar-refractivity contribution in [2.24, 2.45) is 0 Å². The number of carbonyl (C=O) groups excluding carboxylic acids is 1. The molecule has 2 saturated heterocycles. The maximum Gasteiger partial charge on any atom is 0.394 e. The van der Waals surface area contributed by atoms with E-state index >= 15 is 0 Å². The standard InChI is InChI=1S/C12H18N2O.C12H20N2.C11H16N2.C10H14N2.C10H16N2.C8H11ClN2.ClH.H2O4S/c1-4-14(5-2)12-8-6-11(7-9-12)13-10(3)15;1-3-9-14(10-4-2)12-7-5-11(13)6-8-12;12-10-4-6-11(7-5-10)13-8-2-1-3-9-13;11-9-3-5-10(6-4-9)12-7-1-2-8-12;1-4-8-7-9(12(2)3)5-6-10(8)11;1-11(2)6-3-4-8(10)7(9)5-6;;1-5(2,3)4/h6-9H,4-5H2,1-3H3,(H,13,15);5-8H,3-4,9-10,13H2,1-2H3;4-7H,1-3,8-9,12H2;3-6H,1-2,7-8,11H2;5-7H,4,11H2,1-3H3;3-5H,10H2,1-2H3;1H;(H2,1,2,3,4). The molecule has 0 saturated carbocycles. The molecule has 2 heterocycles. The molecular weight excluding hydrogens is 1110 g/mol. The highest BCUT2D eigenvalue weighted by Crippen LogP contribution is 2.25. The van der Waals surface area contributed by atoms with Gasteiger partial charge in [0.2, 0.25) is 5.91 Å². The number of amides is 1. The topological polar surface area (TPSA) is 253 Å². The molecule has 1 amide bonds. The Labute approximate surface area is 509 Å². The molecule has 8 rings (SSSR count). The molecule has 0 aliphatic carbocycles. The number of aryl methyl sites for hydroxylation is 1. The summed E-state index contributed by atoms with van der Waals surface area (Å²) in [6.45, 7) is 21.3. The Morgan fingerprint density at radius 1 is 0.530 bits per heavy atom. The minimum absolute atomic E-state index is 0. The molecule has 17 nitrogen and oxygen atoms in total. The molecule has 2 aliphatic heterocycles. The van der Waals surface area contributed by atoms with Crippen molar-refractivity contribution in [3.63, 3.8) is 0 Å². The fourth-order valence-electron chi connectivity index (χ4n) is 8.61. The number of hydrogen-bond donors (Lipinski definition) is 8. The molecule has 0 atom stereocenters. The van der Waals surface area contributed by atoms with E-state index in [-0.39, 0.29) is 18.3 Å². The summed E-state index contributed by atoms with van der Waals surface area (Å²) < 4.78 is 31.6. The summed E-state index contributed by atoms with van der Waals surface area (Å²) in [5.74, 6) is -0.0365. The quantitative estimate of drug-likeness (QED) is 0.0373. The summed E-state index contributed by atoms with van der Waals surface area (Å²) in [4.78, 5) is 24.4. The molecule has 6 aromatic rings. The van der Waals surface area contributed by atoms with E-state index < -0.39 is 10.4 Å². The fourth-order valence-corrected chi connectivity index (χ4v) is 8.79. The van der Waals surface area contributed by atoms with Gasteiger partial charge in [-0.05, 0) is 204 Å². The fraction of sp³-hybridized carbons (Fsp3) is 0.413. The molecule has 0 aromatic heterocycles. The highest BCUT2D eigenvalue weighted by Gasteiger charge is 2.12. The summed E-state index contributed by atoms with van der Waals surface area (Å²) in [6.07, 6.45) is 10.0. The van der Waals surface area contributed by atoms with Crippen molar-refractivity contribution in [3.8, 4) is 0 Å². The van der Waals surface area contributed by atoms with Crippen molar-refractivity contribution < 1.29 is 22.3 Å². The predicted molar refractivity (Wildman–Crippen MR) is 363 cm³/mol. The first-order valence-corrected chi connectivity index (χ1v) is 30.1. The smallest absolute Gasteiger partial charge is 0.394 e. The first-order valence-electron chi connectivity index (χ1n) is 28.3. The van der Waals surface area contributed by atoms with Gasteiger partial charge in [0.1, 0.15) is 0 Å². The van der Waals surface area contributed by atoms with E-state index in [1.807, 2.05) is 118 Å². The van der Waals surface area contributed by atoms with E-state index in [2.05, 4.69) is 107 Å². The minimum atomic E-state index is -4.67. The number of anilines is 12. The van der Waals surface area contributed by atoms with Crippen molar-refractivity contribution in [3.05, 3.63) is 144 Å². The first kappa shape index (κ1) is 74.1. The van der Waals surface area contributed by atoms with Gasteiger partial charge in [-0.15, -0.1) is 12.4 Å². The number of nitrogens with two attached hydrogens (primary N) is 5. The molecule has 0 bridgehead atoms. The van der Waals surface area contributed by atoms with E-state index in [1.54, 1.807) is 6.07 Å². The van der Waals surface area contributed by atoms with E-state index in [9.17, 15) is 4.79 Å². The molecule has 2 fully saturated rings. The van der Waals surface area contributed by atoms with Gasteiger partial charge in [0.25, 0.3) is 0 Å². The summed E-state index contributed by atoms with van der Waals surface area (Å²) in [5.41, 5.74) is 41.7. The third-order valence-electron chi connectivity index (χ3n) is 13.1. The Hall–Kier alpha value is -6.96. The van der Waals surface area contributed by atoms with E-state index in [4.69, 9.17) is 57.8 Å². The lowest BCUT2D eigenvalue weighted by atomic mass is 10.1. The molecule has 13 N–H and O–H groups in total. The lowest BCUT2D eigenvalue weighted by Crippen LogP contribution is -2.29. The van der Waals surface area contributed by atoms with Gasteiger partial charge in [-0.25, -0.2) is 0 Å². The third-order valence-corrected chi connectivity index (χ3v) is 13.4. The number of rotatable bonds is 14. The zero-order valence-corrected chi connectivity index (χ0v) is 53.3. The van der Waals surface area contributed by atoms with Gasteiger partial charge < -0.3 is 63.4 Å². The lowest BCUT2D eigenvalue weighted by molar-refractivity contribution is -0.114. The van der Waals surface area contributed by atoms with Gasteiger partial charge in [0.15, 0.2) is 0 Å². The van der Waals surface area contributed by atoms with Gasteiger partial charge in [-0.1, -0.05) is 32.4 Å². The van der Waals surface area contributed by atoms with Crippen LogP contribution in [-0.2, 0) is 21.6 Å². The number of carbonyl (C=O) groups is 1. The Morgan fingerprint density at radius 3 is 1.24 bits per heavy atom. The number of benzene rings is 6.